The normalized spacial score (nSPS) is 10.2. The zero-order valence-electron chi connectivity index (χ0n) is 5.39. The molecule has 0 aromatic rings. The van der Waals surface area contributed by atoms with Gasteiger partial charge in [-0.2, -0.15) is 5.26 Å². The summed E-state index contributed by atoms with van der Waals surface area (Å²) in [6, 6.07) is 2.04. The number of nitriles is 1. The molecule has 0 aromatic carbocycles. The summed E-state index contributed by atoms with van der Waals surface area (Å²) in [7, 11) is 0. The van der Waals surface area contributed by atoms with Gasteiger partial charge in [0.15, 0.2) is 0 Å². The molecular weight excluding hydrogens is 98.1 g/mol. The molecule has 0 saturated heterocycles. The van der Waals surface area contributed by atoms with Gasteiger partial charge in [-0.3, -0.25) is 0 Å². The maximum atomic E-state index is 8.08. The summed E-state index contributed by atoms with van der Waals surface area (Å²) in [4.78, 5) is 0. The van der Waals surface area contributed by atoms with Crippen molar-refractivity contribution >= 4 is 0 Å². The summed E-state index contributed by atoms with van der Waals surface area (Å²) >= 11 is 0. The number of hydrogen-bond donors (Lipinski definition) is 0. The van der Waals surface area contributed by atoms with E-state index in [9.17, 15) is 0 Å². The lowest BCUT2D eigenvalue weighted by Crippen LogP contribution is -1.75. The largest absolute Gasteiger partial charge is 0.198 e. The van der Waals surface area contributed by atoms with E-state index in [2.05, 4.69) is 13.8 Å². The van der Waals surface area contributed by atoms with Crippen molar-refractivity contribution in [1.82, 2.24) is 0 Å². The van der Waals surface area contributed by atoms with Gasteiger partial charge >= 0.3 is 0 Å². The van der Waals surface area contributed by atoms with Crippen molar-refractivity contribution in [2.24, 2.45) is 5.92 Å². The van der Waals surface area contributed by atoms with E-state index in [0.717, 1.165) is 0 Å². The van der Waals surface area contributed by atoms with E-state index in [-0.39, 0.29) is 0 Å². The summed E-state index contributed by atoms with van der Waals surface area (Å²) in [6.45, 7) is 4.18. The SMILES string of the molecule is CC(C)/C=C/CC#N. The van der Waals surface area contributed by atoms with Crippen LogP contribution < -0.4 is 0 Å². The monoisotopic (exact) mass is 109 g/mol. The molecule has 0 aliphatic heterocycles. The summed E-state index contributed by atoms with van der Waals surface area (Å²) in [6.07, 6.45) is 4.46. The van der Waals surface area contributed by atoms with Crippen LogP contribution in [0.3, 0.4) is 0 Å². The van der Waals surface area contributed by atoms with Gasteiger partial charge in [-0.15, -0.1) is 0 Å². The predicted molar refractivity (Wildman–Crippen MR) is 34.2 cm³/mol. The molecule has 1 heteroatoms. The van der Waals surface area contributed by atoms with Crippen molar-refractivity contribution in [1.29, 1.82) is 5.26 Å². The lowest BCUT2D eigenvalue weighted by molar-refractivity contribution is 0.828. The van der Waals surface area contributed by atoms with Gasteiger partial charge in [-0.1, -0.05) is 26.0 Å². The molecule has 0 amide bonds. The summed E-state index contributed by atoms with van der Waals surface area (Å²) in [5.41, 5.74) is 0. The van der Waals surface area contributed by atoms with Gasteiger partial charge in [-0.25, -0.2) is 0 Å². The molecule has 0 radical (unpaired) electrons. The summed E-state index contributed by atoms with van der Waals surface area (Å²) in [5.74, 6) is 0.573. The first-order valence-corrected chi connectivity index (χ1v) is 2.81. The zero-order valence-corrected chi connectivity index (χ0v) is 5.39. The fraction of sp³-hybridized carbons (Fsp3) is 0.571. The minimum atomic E-state index is 0.540. The quantitative estimate of drug-likeness (QED) is 0.498. The van der Waals surface area contributed by atoms with Crippen LogP contribution in [0.2, 0.25) is 0 Å². The van der Waals surface area contributed by atoms with Crippen molar-refractivity contribution in [2.45, 2.75) is 20.3 Å². The minimum absolute atomic E-state index is 0.540. The van der Waals surface area contributed by atoms with Crippen molar-refractivity contribution in [2.75, 3.05) is 0 Å². The molecular formula is C7H11N. The standard InChI is InChI=1S/C7H11N/c1-7(2)5-3-4-6-8/h3,5,7H,4H2,1-2H3/b5-3+. The number of allylic oxidation sites excluding steroid dienone is 2. The van der Waals surface area contributed by atoms with E-state index < -0.39 is 0 Å². The molecule has 1 nitrogen and oxygen atoms in total. The molecule has 0 fully saturated rings. The molecule has 0 saturated carbocycles. The van der Waals surface area contributed by atoms with E-state index in [1.807, 2.05) is 18.2 Å². The maximum Gasteiger partial charge on any atom is 0.0663 e. The second-order valence-corrected chi connectivity index (χ2v) is 2.03. The molecule has 0 unspecified atom stereocenters. The van der Waals surface area contributed by atoms with Crippen LogP contribution in [-0.2, 0) is 0 Å². The predicted octanol–water partition coefficient (Wildman–Crippen LogP) is 2.11. The number of rotatable bonds is 2. The third kappa shape index (κ3) is 5.23. The average Bonchev–Trinajstić information content (AvgIpc) is 1.66. The van der Waals surface area contributed by atoms with E-state index in [1.165, 1.54) is 0 Å². The molecule has 0 rings (SSSR count). The topological polar surface area (TPSA) is 23.8 Å². The number of nitrogens with zero attached hydrogens (tertiary/aromatic N) is 1. The van der Waals surface area contributed by atoms with Crippen molar-refractivity contribution in [3.63, 3.8) is 0 Å². The Bertz CT molecular complexity index is 106. The second kappa shape index (κ2) is 4.39. The Kier molecular flexibility index (Phi) is 3.97. The Hall–Kier alpha value is -0.770. The Labute approximate surface area is 50.6 Å². The van der Waals surface area contributed by atoms with E-state index in [0.29, 0.717) is 12.3 Å². The van der Waals surface area contributed by atoms with Gasteiger partial charge in [0.25, 0.3) is 0 Å². The first-order valence-electron chi connectivity index (χ1n) is 2.81. The van der Waals surface area contributed by atoms with Gasteiger partial charge in [0.05, 0.1) is 12.5 Å². The van der Waals surface area contributed by atoms with Gasteiger partial charge in [0, 0.05) is 0 Å². The van der Waals surface area contributed by atoms with Gasteiger partial charge < -0.3 is 0 Å². The lowest BCUT2D eigenvalue weighted by atomic mass is 10.2. The third-order valence-electron chi connectivity index (χ3n) is 0.730. The summed E-state index contributed by atoms with van der Waals surface area (Å²) in [5, 5.41) is 8.08. The Morgan fingerprint density at radius 1 is 1.62 bits per heavy atom. The highest BCUT2D eigenvalue weighted by Crippen LogP contribution is 1.93. The highest BCUT2D eigenvalue weighted by Gasteiger charge is 1.80. The molecule has 0 bridgehead atoms. The lowest BCUT2D eigenvalue weighted by Gasteiger charge is -1.88. The van der Waals surface area contributed by atoms with Crippen LogP contribution in [0.15, 0.2) is 12.2 Å². The van der Waals surface area contributed by atoms with Crippen LogP contribution in [-0.4, -0.2) is 0 Å². The molecule has 8 heavy (non-hydrogen) atoms. The third-order valence-corrected chi connectivity index (χ3v) is 0.730. The molecule has 0 heterocycles. The first kappa shape index (κ1) is 7.23. The highest BCUT2D eigenvalue weighted by molar-refractivity contribution is 4.91. The highest BCUT2D eigenvalue weighted by atomic mass is 14.2. The van der Waals surface area contributed by atoms with Gasteiger partial charge in [0.2, 0.25) is 0 Å². The van der Waals surface area contributed by atoms with E-state index >= 15 is 0 Å². The maximum absolute atomic E-state index is 8.08. The smallest absolute Gasteiger partial charge is 0.0663 e. The van der Waals surface area contributed by atoms with Crippen molar-refractivity contribution in [3.05, 3.63) is 12.2 Å². The zero-order chi connectivity index (χ0) is 6.41. The molecule has 0 atom stereocenters. The van der Waals surface area contributed by atoms with Gasteiger partial charge in [-0.05, 0) is 5.92 Å². The molecule has 44 valence electrons. The second-order valence-electron chi connectivity index (χ2n) is 2.03. The molecule has 0 N–H and O–H groups in total. The summed E-state index contributed by atoms with van der Waals surface area (Å²) < 4.78 is 0. The molecule has 0 aliphatic rings. The number of hydrogen-bond acceptors (Lipinski definition) is 1. The minimum Gasteiger partial charge on any atom is -0.198 e. The van der Waals surface area contributed by atoms with Crippen LogP contribution in [0.5, 0.6) is 0 Å². The van der Waals surface area contributed by atoms with Crippen LogP contribution in [0.4, 0.5) is 0 Å². The Morgan fingerprint density at radius 2 is 2.25 bits per heavy atom. The molecule has 0 aliphatic carbocycles. The van der Waals surface area contributed by atoms with Gasteiger partial charge in [0.1, 0.15) is 0 Å². The van der Waals surface area contributed by atoms with Crippen LogP contribution in [0.25, 0.3) is 0 Å². The Morgan fingerprint density at radius 3 is 2.62 bits per heavy atom. The van der Waals surface area contributed by atoms with Crippen molar-refractivity contribution < 1.29 is 0 Å². The molecule has 0 spiro atoms. The van der Waals surface area contributed by atoms with Crippen LogP contribution in [0, 0.1) is 17.2 Å². The van der Waals surface area contributed by atoms with Crippen LogP contribution in [0.1, 0.15) is 20.3 Å². The van der Waals surface area contributed by atoms with E-state index in [4.69, 9.17) is 5.26 Å². The Balaban J connectivity index is 3.23. The van der Waals surface area contributed by atoms with Crippen molar-refractivity contribution in [3.8, 4) is 6.07 Å². The van der Waals surface area contributed by atoms with E-state index in [1.54, 1.807) is 0 Å². The first-order chi connectivity index (χ1) is 3.77. The fourth-order valence-corrected chi connectivity index (χ4v) is 0.393. The van der Waals surface area contributed by atoms with Crippen LogP contribution >= 0.6 is 0 Å². The fourth-order valence-electron chi connectivity index (χ4n) is 0.393. The molecule has 0 aromatic heterocycles. The average molecular weight is 109 g/mol.